The van der Waals surface area contributed by atoms with Gasteiger partial charge >= 0.3 is 6.03 Å². The molecular weight excluding hydrogens is 416 g/mol. The Balaban J connectivity index is 1.29. The van der Waals surface area contributed by atoms with Crippen LogP contribution in [0.3, 0.4) is 0 Å². The molecule has 3 aromatic rings. The first-order valence-electron chi connectivity index (χ1n) is 9.98. The molecule has 0 spiro atoms. The number of amides is 3. The fraction of sp³-hybridized carbons (Fsp3) is 0.318. The number of hydrogen-bond acceptors (Lipinski definition) is 5. The second-order valence-corrected chi connectivity index (χ2v) is 9.55. The summed E-state index contributed by atoms with van der Waals surface area (Å²) in [5.74, 6) is -0.174. The molecule has 2 N–H and O–H groups in total. The summed E-state index contributed by atoms with van der Waals surface area (Å²) >= 11 is 3.29. The van der Waals surface area contributed by atoms with Crippen LogP contribution in [-0.2, 0) is 11.3 Å². The van der Waals surface area contributed by atoms with Crippen LogP contribution in [-0.4, -0.2) is 34.9 Å². The topological polar surface area (TPSA) is 74.3 Å². The van der Waals surface area contributed by atoms with Gasteiger partial charge in [-0.15, -0.1) is 22.7 Å². The highest BCUT2D eigenvalue weighted by molar-refractivity contribution is 7.16. The van der Waals surface area contributed by atoms with Crippen molar-refractivity contribution in [2.45, 2.75) is 26.3 Å². The number of nitrogens with one attached hydrogen (secondary N) is 2. The summed E-state index contributed by atoms with van der Waals surface area (Å²) in [5.41, 5.74) is 1.75. The van der Waals surface area contributed by atoms with Crippen LogP contribution < -0.4 is 10.6 Å². The average Bonchev–Trinajstić information content (AvgIpc) is 3.41. The van der Waals surface area contributed by atoms with Gasteiger partial charge in [0.2, 0.25) is 5.91 Å². The molecule has 8 heteroatoms. The number of benzene rings is 1. The van der Waals surface area contributed by atoms with Gasteiger partial charge in [0.15, 0.2) is 0 Å². The summed E-state index contributed by atoms with van der Waals surface area (Å²) in [7, 11) is 0. The Labute approximate surface area is 184 Å². The molecule has 0 unspecified atom stereocenters. The maximum absolute atomic E-state index is 12.7. The standard InChI is InChI=1S/C22H24N4O2S2/c1-15-24-19(14-29-15)20-10-9-18(30-20)12-23-21(27)16-6-5-11-26(13-16)22(28)25-17-7-3-2-4-8-17/h2-4,7-10,14,16H,5-6,11-13H2,1H3,(H,23,27)(H,25,28)/t16-/m1/s1. The van der Waals surface area contributed by atoms with Crippen molar-refractivity contribution in [3.8, 4) is 10.6 Å². The maximum Gasteiger partial charge on any atom is 0.321 e. The lowest BCUT2D eigenvalue weighted by molar-refractivity contribution is -0.126. The van der Waals surface area contributed by atoms with Crippen molar-refractivity contribution in [1.82, 2.24) is 15.2 Å². The van der Waals surface area contributed by atoms with E-state index in [1.54, 1.807) is 27.6 Å². The second kappa shape index (κ2) is 9.40. The van der Waals surface area contributed by atoms with E-state index >= 15 is 0 Å². The van der Waals surface area contributed by atoms with Crippen molar-refractivity contribution < 1.29 is 9.59 Å². The number of thiazole rings is 1. The van der Waals surface area contributed by atoms with Crippen LogP contribution in [0.2, 0.25) is 0 Å². The number of carbonyl (C=O) groups excluding carboxylic acids is 2. The number of urea groups is 1. The number of carbonyl (C=O) groups is 2. The minimum absolute atomic E-state index is 0.00617. The number of anilines is 1. The van der Waals surface area contributed by atoms with Gasteiger partial charge < -0.3 is 15.5 Å². The molecule has 1 saturated heterocycles. The summed E-state index contributed by atoms with van der Waals surface area (Å²) in [6.07, 6.45) is 1.63. The Hall–Kier alpha value is -2.71. The number of nitrogens with zero attached hydrogens (tertiary/aromatic N) is 2. The molecule has 0 radical (unpaired) electrons. The third-order valence-electron chi connectivity index (χ3n) is 5.07. The lowest BCUT2D eigenvalue weighted by Crippen LogP contribution is -2.46. The van der Waals surface area contributed by atoms with Gasteiger partial charge in [-0.3, -0.25) is 4.79 Å². The van der Waals surface area contributed by atoms with Crippen molar-refractivity contribution in [1.29, 1.82) is 0 Å². The van der Waals surface area contributed by atoms with E-state index < -0.39 is 0 Å². The van der Waals surface area contributed by atoms with Gasteiger partial charge in [-0.25, -0.2) is 9.78 Å². The zero-order valence-corrected chi connectivity index (χ0v) is 18.4. The Morgan fingerprint density at radius 3 is 2.80 bits per heavy atom. The van der Waals surface area contributed by atoms with Crippen LogP contribution in [0.4, 0.5) is 10.5 Å². The molecule has 6 nitrogen and oxygen atoms in total. The number of thiophene rings is 1. The van der Waals surface area contributed by atoms with Gasteiger partial charge in [-0.05, 0) is 44.0 Å². The summed E-state index contributed by atoms with van der Waals surface area (Å²) < 4.78 is 0. The highest BCUT2D eigenvalue weighted by atomic mass is 32.1. The fourth-order valence-electron chi connectivity index (χ4n) is 3.51. The highest BCUT2D eigenvalue weighted by Crippen LogP contribution is 2.29. The molecule has 1 fully saturated rings. The molecule has 156 valence electrons. The van der Waals surface area contributed by atoms with E-state index in [4.69, 9.17) is 0 Å². The Bertz CT molecular complexity index is 1020. The minimum Gasteiger partial charge on any atom is -0.351 e. The molecule has 2 aromatic heterocycles. The van der Waals surface area contributed by atoms with Crippen LogP contribution in [0.1, 0.15) is 22.7 Å². The highest BCUT2D eigenvalue weighted by Gasteiger charge is 2.28. The molecule has 3 heterocycles. The first-order valence-corrected chi connectivity index (χ1v) is 11.7. The van der Waals surface area contributed by atoms with E-state index in [2.05, 4.69) is 27.1 Å². The Morgan fingerprint density at radius 2 is 2.03 bits per heavy atom. The number of aromatic nitrogens is 1. The van der Waals surface area contributed by atoms with E-state index in [-0.39, 0.29) is 17.9 Å². The van der Waals surface area contributed by atoms with Crippen LogP contribution >= 0.6 is 22.7 Å². The molecule has 4 rings (SSSR count). The Kier molecular flexibility index (Phi) is 6.44. The van der Waals surface area contributed by atoms with Gasteiger partial charge in [0.05, 0.1) is 28.0 Å². The summed E-state index contributed by atoms with van der Waals surface area (Å²) in [4.78, 5) is 33.7. The molecule has 1 aliphatic heterocycles. The Morgan fingerprint density at radius 1 is 1.20 bits per heavy atom. The predicted molar refractivity (Wildman–Crippen MR) is 122 cm³/mol. The molecule has 1 aliphatic rings. The number of piperidine rings is 1. The van der Waals surface area contributed by atoms with Crippen LogP contribution in [0.25, 0.3) is 10.6 Å². The van der Waals surface area contributed by atoms with E-state index in [9.17, 15) is 9.59 Å². The largest absolute Gasteiger partial charge is 0.351 e. The van der Waals surface area contributed by atoms with Crippen LogP contribution in [0.5, 0.6) is 0 Å². The first-order chi connectivity index (χ1) is 14.6. The van der Waals surface area contributed by atoms with Gasteiger partial charge in [-0.1, -0.05) is 18.2 Å². The quantitative estimate of drug-likeness (QED) is 0.602. The monoisotopic (exact) mass is 440 g/mol. The molecule has 1 atom stereocenters. The van der Waals surface area contributed by atoms with Gasteiger partial charge in [0.1, 0.15) is 0 Å². The molecule has 0 bridgehead atoms. The van der Waals surface area contributed by atoms with E-state index in [0.29, 0.717) is 19.6 Å². The third kappa shape index (κ3) is 5.06. The van der Waals surface area contributed by atoms with Crippen molar-refractivity contribution in [2.75, 3.05) is 18.4 Å². The number of para-hydroxylation sites is 1. The van der Waals surface area contributed by atoms with Gasteiger partial charge in [0, 0.05) is 29.0 Å². The van der Waals surface area contributed by atoms with Crippen LogP contribution in [0.15, 0.2) is 47.8 Å². The van der Waals surface area contributed by atoms with E-state index in [1.165, 1.54) is 0 Å². The number of rotatable bonds is 5. The molecule has 30 heavy (non-hydrogen) atoms. The lowest BCUT2D eigenvalue weighted by atomic mass is 9.97. The van der Waals surface area contributed by atoms with Gasteiger partial charge in [-0.2, -0.15) is 0 Å². The lowest BCUT2D eigenvalue weighted by Gasteiger charge is -2.32. The summed E-state index contributed by atoms with van der Waals surface area (Å²) in [6, 6.07) is 13.3. The minimum atomic E-state index is -0.180. The molecule has 0 saturated carbocycles. The normalized spacial score (nSPS) is 16.3. The molecule has 0 aliphatic carbocycles. The molecule has 3 amide bonds. The van der Waals surface area contributed by atoms with Crippen molar-refractivity contribution >= 4 is 40.3 Å². The SMILES string of the molecule is Cc1nc(-c2ccc(CNC(=O)[C@@H]3CCCN(C(=O)Nc4ccccc4)C3)s2)cs1. The maximum atomic E-state index is 12.7. The van der Waals surface area contributed by atoms with E-state index in [1.807, 2.05) is 43.3 Å². The smallest absolute Gasteiger partial charge is 0.321 e. The first kappa shape index (κ1) is 20.6. The fourth-order valence-corrected chi connectivity index (χ4v) is 5.10. The zero-order chi connectivity index (χ0) is 20.9. The number of aryl methyl sites for hydroxylation is 1. The molecular formula is C22H24N4O2S2. The summed E-state index contributed by atoms with van der Waals surface area (Å²) in [6.45, 7) is 3.61. The molecule has 1 aromatic carbocycles. The van der Waals surface area contributed by atoms with E-state index in [0.717, 1.165) is 39.0 Å². The predicted octanol–water partition coefficient (Wildman–Crippen LogP) is 4.74. The second-order valence-electron chi connectivity index (χ2n) is 7.32. The van der Waals surface area contributed by atoms with Crippen molar-refractivity contribution in [3.63, 3.8) is 0 Å². The van der Waals surface area contributed by atoms with Crippen molar-refractivity contribution in [2.24, 2.45) is 5.92 Å². The third-order valence-corrected chi connectivity index (χ3v) is 6.96. The number of hydrogen-bond donors (Lipinski definition) is 2. The number of likely N-dealkylation sites (tertiary alicyclic amines) is 1. The average molecular weight is 441 g/mol. The van der Waals surface area contributed by atoms with Gasteiger partial charge in [0.25, 0.3) is 0 Å². The summed E-state index contributed by atoms with van der Waals surface area (Å²) in [5, 5.41) is 9.05. The van der Waals surface area contributed by atoms with Crippen LogP contribution in [0, 0.1) is 12.8 Å². The van der Waals surface area contributed by atoms with Crippen molar-refractivity contribution in [3.05, 3.63) is 57.7 Å². The zero-order valence-electron chi connectivity index (χ0n) is 16.8.